The number of unbranched alkanes of at least 4 members (excludes halogenated alkanes) is 2. The van der Waals surface area contributed by atoms with E-state index < -0.39 is 5.97 Å². The number of carbonyl (C=O) groups is 1. The molecule has 1 rings (SSSR count). The Hall–Kier alpha value is -0.510. The number of carboxylic acid groups (broad SMARTS) is 1. The molecule has 0 aliphatic heterocycles. The molecule has 2 N–H and O–H groups in total. The van der Waals surface area contributed by atoms with E-state index in [0.717, 1.165) is 31.2 Å². The molecule has 0 aliphatic carbocycles. The maximum absolute atomic E-state index is 10.6. The molecule has 0 radical (unpaired) electrons. The third-order valence-electron chi connectivity index (χ3n) is 2.59. The van der Waals surface area contributed by atoms with Gasteiger partial charge in [-0.25, -0.2) is 0 Å². The number of carboxylic acids is 1. The molecular formula is C13H18NaO3+. The third-order valence-corrected chi connectivity index (χ3v) is 2.59. The number of phenols is 1. The van der Waals surface area contributed by atoms with Crippen LogP contribution >= 0.6 is 0 Å². The fourth-order valence-electron chi connectivity index (χ4n) is 1.72. The molecule has 1 aromatic carbocycles. The van der Waals surface area contributed by atoms with E-state index >= 15 is 0 Å². The van der Waals surface area contributed by atoms with E-state index in [1.807, 2.05) is 6.07 Å². The molecule has 0 saturated carbocycles. The summed E-state index contributed by atoms with van der Waals surface area (Å²) in [5, 5.41) is 18.6. The summed E-state index contributed by atoms with van der Waals surface area (Å²) in [6.07, 6.45) is 3.99. The topological polar surface area (TPSA) is 57.5 Å². The molecule has 0 bridgehead atoms. The molecule has 0 spiro atoms. The predicted molar refractivity (Wildman–Crippen MR) is 62.7 cm³/mol. The molecule has 0 amide bonds. The second kappa shape index (κ2) is 8.56. The first-order valence-electron chi connectivity index (χ1n) is 5.66. The Bertz CT molecular complexity index is 364. The Morgan fingerprint density at radius 2 is 1.88 bits per heavy atom. The van der Waals surface area contributed by atoms with Crippen molar-refractivity contribution in [3.63, 3.8) is 0 Å². The van der Waals surface area contributed by atoms with Gasteiger partial charge in [0.1, 0.15) is 5.75 Å². The summed E-state index contributed by atoms with van der Waals surface area (Å²) in [6, 6.07) is 5.32. The van der Waals surface area contributed by atoms with Gasteiger partial charge >= 0.3 is 35.5 Å². The van der Waals surface area contributed by atoms with Gasteiger partial charge in [-0.1, -0.05) is 38.0 Å². The fraction of sp³-hybridized carbons (Fsp3) is 0.462. The summed E-state index contributed by atoms with van der Waals surface area (Å²) in [5.74, 6) is -0.762. The van der Waals surface area contributed by atoms with Crippen molar-refractivity contribution in [3.05, 3.63) is 29.3 Å². The van der Waals surface area contributed by atoms with Crippen LogP contribution in [0.25, 0.3) is 0 Å². The number of aryl methyl sites for hydroxylation is 1. The zero-order chi connectivity index (χ0) is 12.0. The zero-order valence-corrected chi connectivity index (χ0v) is 12.6. The van der Waals surface area contributed by atoms with E-state index in [-0.39, 0.29) is 41.7 Å². The number of benzene rings is 1. The van der Waals surface area contributed by atoms with Gasteiger partial charge in [-0.3, -0.25) is 4.79 Å². The van der Waals surface area contributed by atoms with Crippen LogP contribution in [0.3, 0.4) is 0 Å². The maximum atomic E-state index is 10.6. The van der Waals surface area contributed by atoms with Gasteiger partial charge < -0.3 is 10.2 Å². The summed E-state index contributed by atoms with van der Waals surface area (Å²) in [5.41, 5.74) is 1.36. The van der Waals surface area contributed by atoms with Gasteiger partial charge in [0.05, 0.1) is 6.42 Å². The smallest absolute Gasteiger partial charge is 0.507 e. The summed E-state index contributed by atoms with van der Waals surface area (Å²) in [6.45, 7) is 2.13. The Morgan fingerprint density at radius 3 is 2.47 bits per heavy atom. The van der Waals surface area contributed by atoms with Crippen LogP contribution in [0.2, 0.25) is 0 Å². The predicted octanol–water partition coefficient (Wildman–Crippen LogP) is -0.244. The molecule has 3 nitrogen and oxygen atoms in total. The molecule has 17 heavy (non-hydrogen) atoms. The number of phenolic OH excluding ortho intramolecular Hbond substituents is 1. The van der Waals surface area contributed by atoms with Crippen molar-refractivity contribution in [3.8, 4) is 5.75 Å². The average molecular weight is 245 g/mol. The van der Waals surface area contributed by atoms with Crippen molar-refractivity contribution in [2.45, 2.75) is 39.0 Å². The molecule has 0 aliphatic rings. The van der Waals surface area contributed by atoms with Crippen LogP contribution in [0.4, 0.5) is 0 Å². The number of hydrogen-bond acceptors (Lipinski definition) is 2. The number of aromatic hydroxyl groups is 1. The van der Waals surface area contributed by atoms with E-state index in [9.17, 15) is 9.90 Å². The Kier molecular flexibility index (Phi) is 8.30. The zero-order valence-electron chi connectivity index (χ0n) is 10.6. The van der Waals surface area contributed by atoms with Crippen molar-refractivity contribution in [1.29, 1.82) is 0 Å². The van der Waals surface area contributed by atoms with Crippen molar-refractivity contribution in [2.24, 2.45) is 0 Å². The van der Waals surface area contributed by atoms with Crippen LogP contribution in [-0.4, -0.2) is 16.2 Å². The van der Waals surface area contributed by atoms with Gasteiger partial charge in [0.2, 0.25) is 0 Å². The van der Waals surface area contributed by atoms with Crippen LogP contribution in [0, 0.1) is 0 Å². The molecule has 0 aromatic heterocycles. The SMILES string of the molecule is CCCCCc1cccc(CC(=O)O)c1O.[Na+]. The summed E-state index contributed by atoms with van der Waals surface area (Å²) >= 11 is 0. The first-order valence-corrected chi connectivity index (χ1v) is 5.66. The fourth-order valence-corrected chi connectivity index (χ4v) is 1.72. The third kappa shape index (κ3) is 5.57. The molecular weight excluding hydrogens is 227 g/mol. The van der Waals surface area contributed by atoms with Crippen LogP contribution in [0.15, 0.2) is 18.2 Å². The van der Waals surface area contributed by atoms with E-state index in [1.165, 1.54) is 0 Å². The van der Waals surface area contributed by atoms with Gasteiger partial charge in [-0.05, 0) is 18.4 Å². The molecule has 88 valence electrons. The van der Waals surface area contributed by atoms with Crippen molar-refractivity contribution < 1.29 is 44.6 Å². The normalized spacial score (nSPS) is 9.71. The Balaban J connectivity index is 0.00000256. The number of para-hydroxylation sites is 1. The largest absolute Gasteiger partial charge is 1.00 e. The first-order chi connectivity index (χ1) is 7.65. The Labute approximate surface area is 124 Å². The minimum absolute atomic E-state index is 0. The number of aliphatic carboxylic acids is 1. The minimum atomic E-state index is -0.916. The van der Waals surface area contributed by atoms with Gasteiger partial charge in [-0.2, -0.15) is 0 Å². The van der Waals surface area contributed by atoms with Crippen molar-refractivity contribution in [2.75, 3.05) is 0 Å². The summed E-state index contributed by atoms with van der Waals surface area (Å²) in [4.78, 5) is 10.6. The van der Waals surface area contributed by atoms with E-state index in [2.05, 4.69) is 6.92 Å². The minimum Gasteiger partial charge on any atom is -0.507 e. The standard InChI is InChI=1S/C13H18O3.Na/c1-2-3-4-6-10-7-5-8-11(13(10)16)9-12(14)15;/h5,7-8,16H,2-4,6,9H2,1H3,(H,14,15);/q;+1. The molecule has 0 unspecified atom stereocenters. The van der Waals surface area contributed by atoms with Gasteiger partial charge in [0.25, 0.3) is 0 Å². The molecule has 0 fully saturated rings. The second-order valence-electron chi connectivity index (χ2n) is 3.95. The van der Waals surface area contributed by atoms with Crippen LogP contribution in [0.1, 0.15) is 37.3 Å². The number of rotatable bonds is 6. The van der Waals surface area contributed by atoms with Crippen LogP contribution in [0.5, 0.6) is 5.75 Å². The van der Waals surface area contributed by atoms with Crippen LogP contribution < -0.4 is 29.6 Å². The van der Waals surface area contributed by atoms with Gasteiger partial charge in [0.15, 0.2) is 0 Å². The summed E-state index contributed by atoms with van der Waals surface area (Å²) in [7, 11) is 0. The second-order valence-corrected chi connectivity index (χ2v) is 3.95. The van der Waals surface area contributed by atoms with E-state index in [0.29, 0.717) is 5.56 Å². The Morgan fingerprint density at radius 1 is 1.24 bits per heavy atom. The van der Waals surface area contributed by atoms with E-state index in [1.54, 1.807) is 12.1 Å². The molecule has 0 saturated heterocycles. The molecule has 4 heteroatoms. The van der Waals surface area contributed by atoms with E-state index in [4.69, 9.17) is 5.11 Å². The molecule has 0 atom stereocenters. The van der Waals surface area contributed by atoms with Crippen molar-refractivity contribution in [1.82, 2.24) is 0 Å². The van der Waals surface area contributed by atoms with Crippen molar-refractivity contribution >= 4 is 5.97 Å². The maximum Gasteiger partial charge on any atom is 1.00 e. The molecule has 1 aromatic rings. The quantitative estimate of drug-likeness (QED) is 0.537. The first kappa shape index (κ1) is 16.5. The summed E-state index contributed by atoms with van der Waals surface area (Å²) < 4.78 is 0. The monoisotopic (exact) mass is 245 g/mol. The van der Waals surface area contributed by atoms with Gasteiger partial charge in [-0.15, -0.1) is 0 Å². The molecule has 0 heterocycles. The van der Waals surface area contributed by atoms with Crippen LogP contribution in [-0.2, 0) is 17.6 Å². The van der Waals surface area contributed by atoms with Gasteiger partial charge in [0, 0.05) is 5.56 Å². The average Bonchev–Trinajstić information content (AvgIpc) is 2.23. The number of hydrogen-bond donors (Lipinski definition) is 2.